The number of anilines is 1. The summed E-state index contributed by atoms with van der Waals surface area (Å²) in [5.74, 6) is 2.01. The molecule has 2 aliphatic rings. The van der Waals surface area contributed by atoms with E-state index in [2.05, 4.69) is 20.4 Å². The van der Waals surface area contributed by atoms with E-state index in [-0.39, 0.29) is 5.41 Å². The van der Waals surface area contributed by atoms with E-state index < -0.39 is 0 Å². The van der Waals surface area contributed by atoms with Gasteiger partial charge in [-0.3, -0.25) is 4.98 Å². The summed E-state index contributed by atoms with van der Waals surface area (Å²) in [6.45, 7) is 2.01. The van der Waals surface area contributed by atoms with E-state index in [4.69, 9.17) is 4.52 Å². The third kappa shape index (κ3) is 1.86. The largest absolute Gasteiger partial charge is 0.376 e. The average molecular weight is 285 g/mol. The minimum atomic E-state index is 0.0782. The van der Waals surface area contributed by atoms with E-state index in [1.165, 1.54) is 6.42 Å². The van der Waals surface area contributed by atoms with Crippen LogP contribution in [0.1, 0.15) is 18.7 Å². The Kier molecular flexibility index (Phi) is 2.75. The van der Waals surface area contributed by atoms with Gasteiger partial charge in [0.05, 0.1) is 17.3 Å². The van der Waals surface area contributed by atoms with Crippen molar-refractivity contribution in [1.82, 2.24) is 20.4 Å². The van der Waals surface area contributed by atoms with Gasteiger partial charge in [-0.25, -0.2) is 0 Å². The first-order chi connectivity index (χ1) is 10.2. The molecule has 2 aromatic rings. The lowest BCUT2D eigenvalue weighted by molar-refractivity contribution is 0.131. The van der Waals surface area contributed by atoms with Crippen molar-refractivity contribution < 1.29 is 4.52 Å². The molecule has 0 radical (unpaired) electrons. The first-order valence-electron chi connectivity index (χ1n) is 7.38. The number of fused-ring (bicyclic) bond motifs is 1. The Hall–Kier alpha value is -1.95. The lowest BCUT2D eigenvalue weighted by Crippen LogP contribution is -2.43. The number of hydrogen-bond acceptors (Lipinski definition) is 6. The molecular weight excluding hydrogens is 266 g/mol. The first kappa shape index (κ1) is 12.8. The van der Waals surface area contributed by atoms with E-state index in [1.807, 2.05) is 37.3 Å². The number of nitrogens with zero attached hydrogens (tertiary/aromatic N) is 4. The number of pyridine rings is 1. The fourth-order valence-corrected chi connectivity index (χ4v) is 3.37. The molecule has 0 bridgehead atoms. The molecule has 0 unspecified atom stereocenters. The van der Waals surface area contributed by atoms with Gasteiger partial charge in [-0.05, 0) is 37.4 Å². The number of nitrogens with one attached hydrogen (secondary N) is 1. The minimum absolute atomic E-state index is 0.0782. The van der Waals surface area contributed by atoms with E-state index in [1.54, 1.807) is 0 Å². The van der Waals surface area contributed by atoms with Crippen LogP contribution in [0.5, 0.6) is 0 Å². The topological polar surface area (TPSA) is 67.1 Å². The van der Waals surface area contributed by atoms with Gasteiger partial charge in [-0.2, -0.15) is 4.98 Å². The zero-order valence-corrected chi connectivity index (χ0v) is 12.3. The van der Waals surface area contributed by atoms with Gasteiger partial charge >= 0.3 is 0 Å². The smallest absolute Gasteiger partial charge is 0.234 e. The maximum Gasteiger partial charge on any atom is 0.234 e. The molecule has 1 N–H and O–H groups in total. The Labute approximate surface area is 123 Å². The summed E-state index contributed by atoms with van der Waals surface area (Å²) in [5, 5.41) is 7.57. The van der Waals surface area contributed by atoms with Crippen LogP contribution in [0.15, 0.2) is 22.9 Å². The molecule has 6 heteroatoms. The Morgan fingerprint density at radius 1 is 1.38 bits per heavy atom. The van der Waals surface area contributed by atoms with Gasteiger partial charge in [0.15, 0.2) is 0 Å². The maximum absolute atomic E-state index is 5.55. The molecule has 21 heavy (non-hydrogen) atoms. The van der Waals surface area contributed by atoms with Crippen molar-refractivity contribution in [2.24, 2.45) is 5.92 Å². The minimum Gasteiger partial charge on any atom is -0.376 e. The van der Waals surface area contributed by atoms with Crippen molar-refractivity contribution >= 4 is 5.69 Å². The van der Waals surface area contributed by atoms with Crippen molar-refractivity contribution in [3.63, 3.8) is 0 Å². The average Bonchev–Trinajstić information content (AvgIpc) is 3.05. The highest BCUT2D eigenvalue weighted by molar-refractivity contribution is 5.53. The molecule has 4 rings (SSSR count). The summed E-state index contributed by atoms with van der Waals surface area (Å²) in [5.41, 5.74) is 1.89. The summed E-state index contributed by atoms with van der Waals surface area (Å²) >= 11 is 0. The fourth-order valence-electron chi connectivity index (χ4n) is 3.37. The lowest BCUT2D eigenvalue weighted by Gasteiger charge is -2.40. The van der Waals surface area contributed by atoms with E-state index in [9.17, 15) is 0 Å². The van der Waals surface area contributed by atoms with Crippen LogP contribution >= 0.6 is 0 Å². The second-order valence-corrected chi connectivity index (χ2v) is 6.24. The Morgan fingerprint density at radius 3 is 2.90 bits per heavy atom. The SMILES string of the molecule is CN(C)c1ccc(-c2noc([C@]34CC[C@H]3CNC4)n2)nc1. The Balaban J connectivity index is 1.62. The van der Waals surface area contributed by atoms with Gasteiger partial charge < -0.3 is 14.7 Å². The molecule has 2 aromatic heterocycles. The van der Waals surface area contributed by atoms with Crippen LogP contribution in [0, 0.1) is 5.92 Å². The molecule has 0 aromatic carbocycles. The van der Waals surface area contributed by atoms with E-state index in [0.29, 0.717) is 11.7 Å². The molecular formula is C15H19N5O. The van der Waals surface area contributed by atoms with Crippen molar-refractivity contribution in [2.45, 2.75) is 18.3 Å². The normalized spacial score (nSPS) is 27.2. The third-order valence-electron chi connectivity index (χ3n) is 4.90. The molecule has 0 spiro atoms. The van der Waals surface area contributed by atoms with Gasteiger partial charge in [0.2, 0.25) is 11.7 Å². The van der Waals surface area contributed by atoms with Crippen LogP contribution in [-0.4, -0.2) is 42.3 Å². The zero-order chi connectivity index (χ0) is 14.4. The highest BCUT2D eigenvalue weighted by Crippen LogP contribution is 2.50. The van der Waals surface area contributed by atoms with E-state index >= 15 is 0 Å². The van der Waals surface area contributed by atoms with Gasteiger partial charge in [-0.15, -0.1) is 0 Å². The van der Waals surface area contributed by atoms with Gasteiger partial charge in [0.25, 0.3) is 0 Å². The summed E-state index contributed by atoms with van der Waals surface area (Å²) in [6, 6.07) is 3.95. The molecule has 2 fully saturated rings. The van der Waals surface area contributed by atoms with Crippen LogP contribution in [-0.2, 0) is 5.41 Å². The van der Waals surface area contributed by atoms with Gasteiger partial charge in [0, 0.05) is 20.6 Å². The molecule has 1 saturated heterocycles. The van der Waals surface area contributed by atoms with Crippen LogP contribution < -0.4 is 10.2 Å². The fraction of sp³-hybridized carbons (Fsp3) is 0.533. The van der Waals surface area contributed by atoms with Crippen LogP contribution in [0.4, 0.5) is 5.69 Å². The number of aromatic nitrogens is 3. The lowest BCUT2D eigenvalue weighted by atomic mass is 9.62. The van der Waals surface area contributed by atoms with Crippen molar-refractivity contribution in [3.05, 3.63) is 24.2 Å². The second kappa shape index (κ2) is 4.53. The second-order valence-electron chi connectivity index (χ2n) is 6.24. The van der Waals surface area contributed by atoms with Crippen LogP contribution in [0.3, 0.4) is 0 Å². The van der Waals surface area contributed by atoms with Crippen molar-refractivity contribution in [3.8, 4) is 11.5 Å². The van der Waals surface area contributed by atoms with E-state index in [0.717, 1.165) is 36.8 Å². The quantitative estimate of drug-likeness (QED) is 0.920. The monoisotopic (exact) mass is 285 g/mol. The van der Waals surface area contributed by atoms with Crippen LogP contribution in [0.2, 0.25) is 0 Å². The molecule has 1 aliphatic heterocycles. The highest BCUT2D eigenvalue weighted by Gasteiger charge is 2.54. The molecule has 3 heterocycles. The Bertz CT molecular complexity index is 650. The molecule has 6 nitrogen and oxygen atoms in total. The predicted octanol–water partition coefficient (Wildman–Crippen LogP) is 1.45. The maximum atomic E-state index is 5.55. The molecule has 1 aliphatic carbocycles. The standard InChI is InChI=1S/C15H19N5O/c1-20(2)11-3-4-12(17-8-11)13-18-14(21-19-13)15-6-5-10(15)7-16-9-15/h3-4,8,10,16H,5-7,9H2,1-2H3/t10-,15-/m0/s1. The van der Waals surface area contributed by atoms with Gasteiger partial charge in [0.1, 0.15) is 5.69 Å². The molecule has 110 valence electrons. The summed E-state index contributed by atoms with van der Waals surface area (Å²) < 4.78 is 5.55. The third-order valence-corrected chi connectivity index (χ3v) is 4.90. The first-order valence-corrected chi connectivity index (χ1v) is 7.38. The molecule has 1 saturated carbocycles. The van der Waals surface area contributed by atoms with Crippen molar-refractivity contribution in [2.75, 3.05) is 32.1 Å². The molecule has 2 atom stereocenters. The van der Waals surface area contributed by atoms with Crippen molar-refractivity contribution in [1.29, 1.82) is 0 Å². The summed E-state index contributed by atoms with van der Waals surface area (Å²) in [7, 11) is 3.98. The number of rotatable bonds is 3. The number of hydrogen-bond donors (Lipinski definition) is 1. The van der Waals surface area contributed by atoms with Crippen LogP contribution in [0.25, 0.3) is 11.5 Å². The summed E-state index contributed by atoms with van der Waals surface area (Å²) in [6.07, 6.45) is 4.21. The Morgan fingerprint density at radius 2 is 2.29 bits per heavy atom. The molecule has 0 amide bonds. The van der Waals surface area contributed by atoms with Gasteiger partial charge in [-0.1, -0.05) is 5.16 Å². The summed E-state index contributed by atoms with van der Waals surface area (Å²) in [4.78, 5) is 11.1. The zero-order valence-electron chi connectivity index (χ0n) is 12.3. The highest BCUT2D eigenvalue weighted by atomic mass is 16.5. The predicted molar refractivity (Wildman–Crippen MR) is 79.1 cm³/mol.